The number of nitrogens with zero attached hydrogens (tertiary/aromatic N) is 1. The molecule has 26 heavy (non-hydrogen) atoms. The summed E-state index contributed by atoms with van der Waals surface area (Å²) in [7, 11) is 0. The number of hydrogen-bond acceptors (Lipinski definition) is 7. The number of thiophene rings is 1. The van der Waals surface area contributed by atoms with Gasteiger partial charge in [0.25, 0.3) is 5.91 Å². The summed E-state index contributed by atoms with van der Waals surface area (Å²) < 4.78 is 4.87. The zero-order chi connectivity index (χ0) is 18.8. The number of carboxylic acid groups (broad SMARTS) is 1. The molecule has 1 unspecified atom stereocenters. The first-order chi connectivity index (χ1) is 12.4. The minimum absolute atomic E-state index is 0.163. The lowest BCUT2D eigenvalue weighted by Crippen LogP contribution is -2.70. The Hall–Kier alpha value is -2.33. The van der Waals surface area contributed by atoms with Crippen molar-refractivity contribution in [2.45, 2.75) is 24.8 Å². The van der Waals surface area contributed by atoms with E-state index in [4.69, 9.17) is 4.74 Å². The van der Waals surface area contributed by atoms with E-state index < -0.39 is 29.3 Å². The molecule has 2 amide bonds. The molecular weight excluding hydrogens is 380 g/mol. The zero-order valence-corrected chi connectivity index (χ0v) is 15.4. The van der Waals surface area contributed by atoms with Crippen molar-refractivity contribution in [2.75, 3.05) is 12.4 Å². The largest absolute Gasteiger partial charge is 0.477 e. The summed E-state index contributed by atoms with van der Waals surface area (Å²) in [6.07, 6.45) is 0.179. The van der Waals surface area contributed by atoms with Crippen LogP contribution in [0.4, 0.5) is 0 Å². The van der Waals surface area contributed by atoms with Gasteiger partial charge in [-0.3, -0.25) is 19.3 Å². The summed E-state index contributed by atoms with van der Waals surface area (Å²) >= 11 is 2.79. The van der Waals surface area contributed by atoms with Gasteiger partial charge in [-0.2, -0.15) is 0 Å². The van der Waals surface area contributed by atoms with Gasteiger partial charge in [0.1, 0.15) is 23.7 Å². The number of aliphatic carboxylic acids is 1. The first-order valence-corrected chi connectivity index (χ1v) is 9.66. The first-order valence-electron chi connectivity index (χ1n) is 7.73. The van der Waals surface area contributed by atoms with E-state index in [0.717, 1.165) is 9.78 Å². The molecule has 10 heteroatoms. The van der Waals surface area contributed by atoms with E-state index in [-0.39, 0.29) is 24.6 Å². The Morgan fingerprint density at radius 2 is 2.19 bits per heavy atom. The van der Waals surface area contributed by atoms with Crippen molar-refractivity contribution in [1.29, 1.82) is 0 Å². The van der Waals surface area contributed by atoms with Crippen molar-refractivity contribution >= 4 is 46.9 Å². The van der Waals surface area contributed by atoms with Crippen LogP contribution in [-0.2, 0) is 30.3 Å². The van der Waals surface area contributed by atoms with Crippen LogP contribution in [0.15, 0.2) is 28.8 Å². The molecule has 0 spiro atoms. The number of thioether (sulfide) groups is 1. The fourth-order valence-electron chi connectivity index (χ4n) is 2.78. The maximum atomic E-state index is 12.4. The van der Waals surface area contributed by atoms with Crippen LogP contribution in [0, 0.1) is 0 Å². The number of carbonyl (C=O) groups is 4. The molecule has 0 aromatic carbocycles. The fourth-order valence-corrected chi connectivity index (χ4v) is 4.81. The lowest BCUT2D eigenvalue weighted by Gasteiger charge is -2.49. The molecule has 8 nitrogen and oxygen atoms in total. The van der Waals surface area contributed by atoms with E-state index in [9.17, 15) is 24.3 Å². The van der Waals surface area contributed by atoms with Crippen molar-refractivity contribution in [3.8, 4) is 0 Å². The summed E-state index contributed by atoms with van der Waals surface area (Å²) in [6, 6.07) is 2.92. The Morgan fingerprint density at radius 3 is 2.81 bits per heavy atom. The fraction of sp³-hybridized carbons (Fsp3) is 0.375. The zero-order valence-electron chi connectivity index (χ0n) is 13.8. The molecule has 2 aliphatic rings. The molecule has 2 N–H and O–H groups in total. The van der Waals surface area contributed by atoms with Crippen molar-refractivity contribution in [2.24, 2.45) is 0 Å². The number of β-lactam (4-membered cyclic amide) rings is 1. The number of amides is 2. The van der Waals surface area contributed by atoms with Crippen LogP contribution in [0.5, 0.6) is 0 Å². The second-order valence-electron chi connectivity index (χ2n) is 5.75. The standard InChI is InChI=1S/C16H16N2O6S2/c1-8(19)24-6-9-7-26-15-12(14(21)18(15)13(9)16(22)23)17-11(20)5-10-3-2-4-25-10/h2-4,12,15H,5-7H2,1H3,(H,17,20)(H,22,23)/t12-,15?/m0/s1. The molecule has 0 bridgehead atoms. The third-order valence-corrected chi connectivity index (χ3v) is 6.15. The molecule has 3 heterocycles. The quantitative estimate of drug-likeness (QED) is 0.534. The van der Waals surface area contributed by atoms with Crippen molar-refractivity contribution in [3.05, 3.63) is 33.7 Å². The molecule has 0 saturated carbocycles. The molecule has 3 rings (SSSR count). The number of carbonyl (C=O) groups excluding carboxylic acids is 3. The summed E-state index contributed by atoms with van der Waals surface area (Å²) in [5.41, 5.74) is 0.203. The molecule has 2 atom stereocenters. The summed E-state index contributed by atoms with van der Waals surface area (Å²) in [5, 5.41) is 13.5. The molecule has 138 valence electrons. The van der Waals surface area contributed by atoms with Crippen LogP contribution in [0.25, 0.3) is 0 Å². The Labute approximate surface area is 157 Å². The van der Waals surface area contributed by atoms with Gasteiger partial charge in [-0.1, -0.05) is 6.07 Å². The Balaban J connectivity index is 1.69. The van der Waals surface area contributed by atoms with E-state index in [2.05, 4.69) is 5.32 Å². The molecule has 1 saturated heterocycles. The molecule has 1 aromatic heterocycles. The highest BCUT2D eigenvalue weighted by Gasteiger charge is 2.54. The number of carboxylic acids is 1. The highest BCUT2D eigenvalue weighted by Crippen LogP contribution is 2.40. The third kappa shape index (κ3) is 3.61. The minimum atomic E-state index is -1.26. The number of nitrogens with one attached hydrogen (secondary N) is 1. The molecule has 0 aliphatic carbocycles. The third-order valence-electron chi connectivity index (χ3n) is 3.93. The lowest BCUT2D eigenvalue weighted by atomic mass is 10.0. The van der Waals surface area contributed by atoms with E-state index in [1.807, 2.05) is 17.5 Å². The number of esters is 1. The molecule has 2 aliphatic heterocycles. The monoisotopic (exact) mass is 396 g/mol. The normalized spacial score (nSPS) is 21.7. The van der Waals surface area contributed by atoms with Crippen LogP contribution in [0.2, 0.25) is 0 Å². The van der Waals surface area contributed by atoms with Crippen molar-refractivity contribution in [1.82, 2.24) is 10.2 Å². The van der Waals surface area contributed by atoms with Gasteiger partial charge in [-0.15, -0.1) is 23.1 Å². The molecule has 1 aromatic rings. The van der Waals surface area contributed by atoms with Crippen LogP contribution >= 0.6 is 23.1 Å². The van der Waals surface area contributed by atoms with Gasteiger partial charge in [0.15, 0.2) is 0 Å². The minimum Gasteiger partial charge on any atom is -0.477 e. The highest BCUT2D eigenvalue weighted by atomic mass is 32.2. The van der Waals surface area contributed by atoms with Gasteiger partial charge in [-0.25, -0.2) is 4.79 Å². The van der Waals surface area contributed by atoms with Crippen LogP contribution in [0.1, 0.15) is 11.8 Å². The van der Waals surface area contributed by atoms with Gasteiger partial charge in [0, 0.05) is 23.1 Å². The van der Waals surface area contributed by atoms with Crippen molar-refractivity contribution < 1.29 is 29.0 Å². The highest BCUT2D eigenvalue weighted by molar-refractivity contribution is 8.00. The lowest BCUT2D eigenvalue weighted by molar-refractivity contribution is -0.151. The van der Waals surface area contributed by atoms with Gasteiger partial charge < -0.3 is 15.2 Å². The maximum Gasteiger partial charge on any atom is 0.352 e. The average Bonchev–Trinajstić information content (AvgIpc) is 3.09. The SMILES string of the molecule is CC(=O)OCC1=C(C(=O)O)N2C(=O)[C@H](NC(=O)Cc3cccs3)C2SC1. The molecular formula is C16H16N2O6S2. The van der Waals surface area contributed by atoms with Crippen LogP contribution in [0.3, 0.4) is 0 Å². The summed E-state index contributed by atoms with van der Waals surface area (Å²) in [6.45, 7) is 1.06. The Bertz CT molecular complexity index is 789. The number of fused-ring (bicyclic) bond motifs is 1. The van der Waals surface area contributed by atoms with E-state index in [1.54, 1.807) is 0 Å². The smallest absolute Gasteiger partial charge is 0.352 e. The molecule has 1 fully saturated rings. The Morgan fingerprint density at radius 1 is 1.42 bits per heavy atom. The van der Waals surface area contributed by atoms with E-state index >= 15 is 0 Å². The first kappa shape index (κ1) is 18.5. The Kier molecular flexibility index (Phi) is 5.33. The van der Waals surface area contributed by atoms with Gasteiger partial charge >= 0.3 is 11.9 Å². The second-order valence-corrected chi connectivity index (χ2v) is 7.89. The average molecular weight is 396 g/mol. The van der Waals surface area contributed by atoms with Gasteiger partial charge in [0.05, 0.1) is 6.42 Å². The van der Waals surface area contributed by atoms with Gasteiger partial charge in [0.2, 0.25) is 5.91 Å². The second kappa shape index (κ2) is 7.50. The summed E-state index contributed by atoms with van der Waals surface area (Å²) in [5.74, 6) is -2.23. The predicted molar refractivity (Wildman–Crippen MR) is 94.3 cm³/mol. The molecule has 0 radical (unpaired) electrons. The van der Waals surface area contributed by atoms with Crippen LogP contribution in [-0.4, -0.2) is 57.5 Å². The predicted octanol–water partition coefficient (Wildman–Crippen LogP) is 0.592. The summed E-state index contributed by atoms with van der Waals surface area (Å²) in [4.78, 5) is 49.2. The van der Waals surface area contributed by atoms with Crippen LogP contribution < -0.4 is 5.32 Å². The number of ether oxygens (including phenoxy) is 1. The van der Waals surface area contributed by atoms with Crippen molar-refractivity contribution in [3.63, 3.8) is 0 Å². The maximum absolute atomic E-state index is 12.4. The van der Waals surface area contributed by atoms with Gasteiger partial charge in [-0.05, 0) is 11.4 Å². The van der Waals surface area contributed by atoms with E-state index in [0.29, 0.717) is 11.3 Å². The number of hydrogen-bond donors (Lipinski definition) is 2. The topological polar surface area (TPSA) is 113 Å². The number of rotatable bonds is 6. The van der Waals surface area contributed by atoms with E-state index in [1.165, 1.54) is 30.0 Å².